The molecular weight excluding hydrogens is 467 g/mol. The first-order valence-electron chi connectivity index (χ1n) is 7.81. The minimum Gasteiger partial charge on any atom is -0.356 e. The van der Waals surface area contributed by atoms with E-state index in [0.717, 1.165) is 31.0 Å². The molecule has 0 atom stereocenters. The number of aryl methyl sites for hydroxylation is 1. The van der Waals surface area contributed by atoms with E-state index in [0.29, 0.717) is 5.15 Å². The Morgan fingerprint density at radius 1 is 1.24 bits per heavy atom. The summed E-state index contributed by atoms with van der Waals surface area (Å²) in [5.41, 5.74) is 3.70. The predicted octanol–water partition coefficient (Wildman–Crippen LogP) is 4.29. The highest BCUT2D eigenvalue weighted by Crippen LogP contribution is 2.21. The van der Waals surface area contributed by atoms with Gasteiger partial charge in [-0.05, 0) is 48.4 Å². The second kappa shape index (κ2) is 11.6. The lowest BCUT2D eigenvalue weighted by molar-refractivity contribution is 0.787. The van der Waals surface area contributed by atoms with Crippen LogP contribution in [0.1, 0.15) is 16.7 Å². The van der Waals surface area contributed by atoms with Gasteiger partial charge in [0.25, 0.3) is 0 Å². The van der Waals surface area contributed by atoms with Gasteiger partial charge in [-0.2, -0.15) is 0 Å². The van der Waals surface area contributed by atoms with E-state index in [1.165, 1.54) is 16.0 Å². The second-order valence-corrected chi connectivity index (χ2v) is 6.64. The molecule has 0 saturated carbocycles. The molecule has 136 valence electrons. The van der Waals surface area contributed by atoms with Crippen LogP contribution in [0.15, 0.2) is 46.4 Å². The summed E-state index contributed by atoms with van der Waals surface area (Å²) in [6, 6.07) is 10.3. The fraction of sp³-hybridized carbons (Fsp3) is 0.333. The zero-order valence-corrected chi connectivity index (χ0v) is 18.6. The summed E-state index contributed by atoms with van der Waals surface area (Å²) < 4.78 is 0. The number of thioether (sulfide) groups is 1. The van der Waals surface area contributed by atoms with Crippen molar-refractivity contribution in [2.45, 2.75) is 24.8 Å². The average Bonchev–Trinajstić information content (AvgIpc) is 2.60. The number of hydrogen-bond acceptors (Lipinski definition) is 3. The molecule has 1 aromatic carbocycles. The van der Waals surface area contributed by atoms with Gasteiger partial charge < -0.3 is 10.6 Å². The van der Waals surface area contributed by atoms with Crippen LogP contribution in [0.4, 0.5) is 0 Å². The van der Waals surface area contributed by atoms with E-state index in [9.17, 15) is 0 Å². The number of aromatic nitrogens is 1. The largest absolute Gasteiger partial charge is 0.356 e. The lowest BCUT2D eigenvalue weighted by atomic mass is 10.1. The Morgan fingerprint density at radius 3 is 2.68 bits per heavy atom. The van der Waals surface area contributed by atoms with Crippen LogP contribution >= 0.6 is 47.3 Å². The van der Waals surface area contributed by atoms with E-state index in [2.05, 4.69) is 52.0 Å². The summed E-state index contributed by atoms with van der Waals surface area (Å²) in [5, 5.41) is 7.21. The van der Waals surface area contributed by atoms with Crippen molar-refractivity contribution in [1.29, 1.82) is 0 Å². The first-order chi connectivity index (χ1) is 11.6. The van der Waals surface area contributed by atoms with E-state index >= 15 is 0 Å². The van der Waals surface area contributed by atoms with E-state index in [1.807, 2.05) is 12.1 Å². The molecule has 1 aromatic heterocycles. The molecule has 2 rings (SSSR count). The Labute approximate surface area is 176 Å². The summed E-state index contributed by atoms with van der Waals surface area (Å²) in [4.78, 5) is 9.66. The van der Waals surface area contributed by atoms with Gasteiger partial charge in [0, 0.05) is 31.2 Å². The van der Waals surface area contributed by atoms with Crippen LogP contribution in [0.25, 0.3) is 0 Å². The first-order valence-corrected chi connectivity index (χ1v) is 9.41. The SMILES string of the molecule is CN=C(NCCc1ccc(Cl)nc1)NCc1ccc(C)cc1SC.I. The number of guanidine groups is 1. The van der Waals surface area contributed by atoms with Crippen molar-refractivity contribution in [3.8, 4) is 0 Å². The van der Waals surface area contributed by atoms with Crippen molar-refractivity contribution in [3.05, 3.63) is 58.4 Å². The van der Waals surface area contributed by atoms with Crippen molar-refractivity contribution in [2.24, 2.45) is 4.99 Å². The lowest BCUT2D eigenvalue weighted by Crippen LogP contribution is -2.38. The summed E-state index contributed by atoms with van der Waals surface area (Å²) in [6.45, 7) is 3.65. The maximum absolute atomic E-state index is 5.79. The molecule has 4 nitrogen and oxygen atoms in total. The first kappa shape index (κ1) is 22.1. The Hall–Kier alpha value is -0.990. The lowest BCUT2D eigenvalue weighted by Gasteiger charge is -2.14. The molecule has 2 N–H and O–H groups in total. The monoisotopic (exact) mass is 490 g/mol. The van der Waals surface area contributed by atoms with Gasteiger partial charge in [0.1, 0.15) is 5.15 Å². The Morgan fingerprint density at radius 2 is 2.04 bits per heavy atom. The molecule has 1 heterocycles. The van der Waals surface area contributed by atoms with Crippen LogP contribution in [0.5, 0.6) is 0 Å². The molecule has 0 aliphatic carbocycles. The second-order valence-electron chi connectivity index (χ2n) is 5.41. The molecule has 0 saturated heterocycles. The quantitative estimate of drug-likeness (QED) is 0.208. The van der Waals surface area contributed by atoms with Crippen molar-refractivity contribution in [2.75, 3.05) is 19.8 Å². The fourth-order valence-electron chi connectivity index (χ4n) is 2.28. The van der Waals surface area contributed by atoms with Gasteiger partial charge in [-0.3, -0.25) is 4.99 Å². The number of nitrogens with one attached hydrogen (secondary N) is 2. The van der Waals surface area contributed by atoms with Crippen molar-refractivity contribution >= 4 is 53.3 Å². The highest BCUT2D eigenvalue weighted by Gasteiger charge is 2.04. The Balaban J connectivity index is 0.00000312. The Bertz CT molecular complexity index is 692. The Kier molecular flexibility index (Phi) is 10.2. The zero-order chi connectivity index (χ0) is 17.4. The van der Waals surface area contributed by atoms with Gasteiger partial charge in [-0.15, -0.1) is 35.7 Å². The zero-order valence-electron chi connectivity index (χ0n) is 14.7. The highest BCUT2D eigenvalue weighted by molar-refractivity contribution is 14.0. The number of rotatable bonds is 6. The fourth-order valence-corrected chi connectivity index (χ4v) is 3.09. The van der Waals surface area contributed by atoms with Crippen molar-refractivity contribution in [3.63, 3.8) is 0 Å². The van der Waals surface area contributed by atoms with Crippen LogP contribution in [-0.2, 0) is 13.0 Å². The number of halogens is 2. The smallest absolute Gasteiger partial charge is 0.191 e. The molecule has 0 amide bonds. The summed E-state index contributed by atoms with van der Waals surface area (Å²) in [7, 11) is 1.78. The molecule has 0 aliphatic rings. The number of benzene rings is 1. The van der Waals surface area contributed by atoms with Crippen LogP contribution < -0.4 is 10.6 Å². The molecule has 7 heteroatoms. The molecule has 0 fully saturated rings. The number of pyridine rings is 1. The highest BCUT2D eigenvalue weighted by atomic mass is 127. The van der Waals surface area contributed by atoms with Crippen LogP contribution in [0.3, 0.4) is 0 Å². The van der Waals surface area contributed by atoms with Gasteiger partial charge in [0.05, 0.1) is 0 Å². The minimum absolute atomic E-state index is 0. The molecule has 25 heavy (non-hydrogen) atoms. The summed E-state index contributed by atoms with van der Waals surface area (Å²) in [6.07, 6.45) is 4.77. The third kappa shape index (κ3) is 7.42. The van der Waals surface area contributed by atoms with Crippen LogP contribution in [0.2, 0.25) is 5.15 Å². The van der Waals surface area contributed by atoms with Gasteiger partial charge in [0.2, 0.25) is 0 Å². The molecule has 0 spiro atoms. The van der Waals surface area contributed by atoms with Crippen LogP contribution in [0, 0.1) is 6.92 Å². The molecule has 0 unspecified atom stereocenters. The van der Waals surface area contributed by atoms with E-state index in [-0.39, 0.29) is 24.0 Å². The maximum Gasteiger partial charge on any atom is 0.191 e. The van der Waals surface area contributed by atoms with Gasteiger partial charge in [-0.1, -0.05) is 29.8 Å². The number of nitrogens with zero attached hydrogens (tertiary/aromatic N) is 2. The van der Waals surface area contributed by atoms with Gasteiger partial charge in [0.15, 0.2) is 5.96 Å². The maximum atomic E-state index is 5.79. The molecule has 2 aromatic rings. The average molecular weight is 491 g/mol. The van der Waals surface area contributed by atoms with E-state index in [1.54, 1.807) is 25.0 Å². The number of hydrogen-bond donors (Lipinski definition) is 2. The van der Waals surface area contributed by atoms with Gasteiger partial charge in [-0.25, -0.2) is 4.98 Å². The normalized spacial score (nSPS) is 11.0. The molecule has 0 bridgehead atoms. The number of aliphatic imine (C=N–C) groups is 1. The van der Waals surface area contributed by atoms with Gasteiger partial charge >= 0.3 is 0 Å². The third-order valence-electron chi connectivity index (χ3n) is 3.61. The topological polar surface area (TPSA) is 49.3 Å². The summed E-state index contributed by atoms with van der Waals surface area (Å²) in [5.74, 6) is 0.796. The molecular formula is C18H24ClIN4S. The summed E-state index contributed by atoms with van der Waals surface area (Å²) >= 11 is 7.56. The standard InChI is InChI=1S/C18H23ClN4S.HI/c1-13-4-6-15(16(10-13)24-3)12-23-18(20-2)21-9-8-14-5-7-17(19)22-11-14;/h4-7,10-11H,8-9,12H2,1-3H3,(H2,20,21,23);1H. The predicted molar refractivity (Wildman–Crippen MR) is 120 cm³/mol. The van der Waals surface area contributed by atoms with Crippen molar-refractivity contribution in [1.82, 2.24) is 15.6 Å². The van der Waals surface area contributed by atoms with Crippen molar-refractivity contribution < 1.29 is 0 Å². The van der Waals surface area contributed by atoms with E-state index in [4.69, 9.17) is 11.6 Å². The third-order valence-corrected chi connectivity index (χ3v) is 4.65. The van der Waals surface area contributed by atoms with Crippen LogP contribution in [-0.4, -0.2) is 30.8 Å². The molecule has 0 radical (unpaired) electrons. The van der Waals surface area contributed by atoms with E-state index < -0.39 is 0 Å². The minimum atomic E-state index is 0. The molecule has 0 aliphatic heterocycles.